The molecule has 0 saturated carbocycles. The maximum atomic E-state index is 9.34. The van der Waals surface area contributed by atoms with Crippen molar-refractivity contribution in [3.63, 3.8) is 0 Å². The third-order valence-corrected chi connectivity index (χ3v) is 2.63. The van der Waals surface area contributed by atoms with E-state index < -0.39 is 6.29 Å². The summed E-state index contributed by atoms with van der Waals surface area (Å²) >= 11 is 0. The van der Waals surface area contributed by atoms with E-state index in [0.717, 1.165) is 6.42 Å². The van der Waals surface area contributed by atoms with Gasteiger partial charge in [0.1, 0.15) is 0 Å². The Labute approximate surface area is 85.4 Å². The van der Waals surface area contributed by atoms with Crippen molar-refractivity contribution in [1.82, 2.24) is 0 Å². The van der Waals surface area contributed by atoms with Crippen molar-refractivity contribution in [2.45, 2.75) is 45.2 Å². The summed E-state index contributed by atoms with van der Waals surface area (Å²) in [5.74, 6) is 0.339. The molecule has 1 aliphatic rings. The maximum Gasteiger partial charge on any atom is 0.155 e. The standard InChI is InChI=1S/C10H21NO3/c1-7-6-9(12)14-8(2)10(7)13-5-3-4-11/h7-10,12H,3-6,11H2,1-2H3/t7-,8-,9+,10?/m0/s1. The molecule has 0 aromatic rings. The number of ether oxygens (including phenoxy) is 2. The van der Waals surface area contributed by atoms with Crippen LogP contribution in [0.3, 0.4) is 0 Å². The number of nitrogens with two attached hydrogens (primary N) is 1. The van der Waals surface area contributed by atoms with Crippen LogP contribution in [0.25, 0.3) is 0 Å². The van der Waals surface area contributed by atoms with Crippen molar-refractivity contribution in [3.05, 3.63) is 0 Å². The molecular weight excluding hydrogens is 182 g/mol. The Kier molecular flexibility index (Phi) is 4.81. The molecule has 3 N–H and O–H groups in total. The number of aliphatic hydroxyl groups excluding tert-OH is 1. The highest BCUT2D eigenvalue weighted by molar-refractivity contribution is 4.78. The zero-order valence-electron chi connectivity index (χ0n) is 8.98. The second kappa shape index (κ2) is 5.66. The van der Waals surface area contributed by atoms with E-state index in [-0.39, 0.29) is 12.2 Å². The maximum absolute atomic E-state index is 9.34. The minimum atomic E-state index is -0.630. The van der Waals surface area contributed by atoms with E-state index in [1.54, 1.807) is 0 Å². The first-order valence-corrected chi connectivity index (χ1v) is 5.30. The normalized spacial score (nSPS) is 38.6. The average molecular weight is 203 g/mol. The van der Waals surface area contributed by atoms with Crippen LogP contribution in [0.4, 0.5) is 0 Å². The van der Waals surface area contributed by atoms with Gasteiger partial charge in [-0.25, -0.2) is 0 Å². The van der Waals surface area contributed by atoms with E-state index in [0.29, 0.717) is 25.5 Å². The molecule has 1 aliphatic heterocycles. The van der Waals surface area contributed by atoms with Gasteiger partial charge in [0, 0.05) is 13.0 Å². The lowest BCUT2D eigenvalue weighted by atomic mass is 9.94. The fraction of sp³-hybridized carbons (Fsp3) is 1.00. The van der Waals surface area contributed by atoms with Gasteiger partial charge in [-0.3, -0.25) is 0 Å². The molecule has 0 aromatic heterocycles. The Morgan fingerprint density at radius 2 is 2.21 bits per heavy atom. The van der Waals surface area contributed by atoms with Gasteiger partial charge in [-0.2, -0.15) is 0 Å². The number of aliphatic hydroxyl groups is 1. The molecule has 1 saturated heterocycles. The van der Waals surface area contributed by atoms with Gasteiger partial charge in [0.15, 0.2) is 6.29 Å². The zero-order valence-corrected chi connectivity index (χ0v) is 8.98. The van der Waals surface area contributed by atoms with Gasteiger partial charge < -0.3 is 20.3 Å². The van der Waals surface area contributed by atoms with Crippen LogP contribution in [-0.4, -0.2) is 36.8 Å². The Morgan fingerprint density at radius 3 is 2.79 bits per heavy atom. The molecule has 1 heterocycles. The molecule has 0 spiro atoms. The number of hydrogen-bond acceptors (Lipinski definition) is 4. The van der Waals surface area contributed by atoms with Crippen molar-refractivity contribution in [2.75, 3.05) is 13.2 Å². The van der Waals surface area contributed by atoms with Crippen molar-refractivity contribution in [1.29, 1.82) is 0 Å². The van der Waals surface area contributed by atoms with Gasteiger partial charge >= 0.3 is 0 Å². The molecule has 0 radical (unpaired) electrons. The minimum Gasteiger partial charge on any atom is -0.375 e. The summed E-state index contributed by atoms with van der Waals surface area (Å²) in [6, 6.07) is 0. The topological polar surface area (TPSA) is 64.7 Å². The summed E-state index contributed by atoms with van der Waals surface area (Å²) in [6.45, 7) is 5.34. The van der Waals surface area contributed by atoms with Gasteiger partial charge in [0.25, 0.3) is 0 Å². The van der Waals surface area contributed by atoms with E-state index in [1.165, 1.54) is 0 Å². The molecule has 4 heteroatoms. The highest BCUT2D eigenvalue weighted by Gasteiger charge is 2.33. The van der Waals surface area contributed by atoms with E-state index in [2.05, 4.69) is 6.92 Å². The largest absolute Gasteiger partial charge is 0.375 e. The SMILES string of the molecule is C[C@@H]1O[C@@H](O)C[C@H](C)C1OCCCN. The first-order chi connectivity index (χ1) is 6.65. The molecule has 1 unspecified atom stereocenters. The van der Waals surface area contributed by atoms with E-state index in [1.807, 2.05) is 6.92 Å². The van der Waals surface area contributed by atoms with Crippen LogP contribution < -0.4 is 5.73 Å². The molecule has 0 bridgehead atoms. The fourth-order valence-electron chi connectivity index (χ4n) is 1.90. The van der Waals surface area contributed by atoms with Gasteiger partial charge in [0.2, 0.25) is 0 Å². The quantitative estimate of drug-likeness (QED) is 0.652. The third kappa shape index (κ3) is 3.20. The van der Waals surface area contributed by atoms with E-state index >= 15 is 0 Å². The highest BCUT2D eigenvalue weighted by Crippen LogP contribution is 2.26. The Hall–Kier alpha value is -0.160. The fourth-order valence-corrected chi connectivity index (χ4v) is 1.90. The molecule has 0 amide bonds. The number of hydrogen-bond donors (Lipinski definition) is 2. The van der Waals surface area contributed by atoms with Crippen LogP contribution >= 0.6 is 0 Å². The Bertz CT molecular complexity index is 153. The molecule has 0 aliphatic carbocycles. The molecule has 4 nitrogen and oxygen atoms in total. The predicted octanol–water partition coefficient (Wildman–Crippen LogP) is 0.484. The molecule has 1 rings (SSSR count). The summed E-state index contributed by atoms with van der Waals surface area (Å²) in [7, 11) is 0. The Balaban J connectivity index is 2.34. The summed E-state index contributed by atoms with van der Waals surface area (Å²) in [5, 5.41) is 9.34. The summed E-state index contributed by atoms with van der Waals surface area (Å²) in [6.07, 6.45) is 0.946. The van der Waals surface area contributed by atoms with Crippen molar-refractivity contribution >= 4 is 0 Å². The number of rotatable bonds is 4. The summed E-state index contributed by atoms with van der Waals surface area (Å²) in [4.78, 5) is 0. The van der Waals surface area contributed by atoms with Crippen LogP contribution in [0.2, 0.25) is 0 Å². The summed E-state index contributed by atoms with van der Waals surface area (Å²) in [5.41, 5.74) is 5.38. The van der Waals surface area contributed by atoms with E-state index in [4.69, 9.17) is 15.2 Å². The molecule has 4 atom stereocenters. The van der Waals surface area contributed by atoms with Gasteiger partial charge in [-0.1, -0.05) is 6.92 Å². The highest BCUT2D eigenvalue weighted by atomic mass is 16.6. The monoisotopic (exact) mass is 203 g/mol. The summed E-state index contributed by atoms with van der Waals surface area (Å²) < 4.78 is 11.0. The van der Waals surface area contributed by atoms with Gasteiger partial charge in [-0.05, 0) is 25.8 Å². The second-order valence-corrected chi connectivity index (χ2v) is 3.99. The third-order valence-electron chi connectivity index (χ3n) is 2.63. The molecule has 1 fully saturated rings. The zero-order chi connectivity index (χ0) is 10.6. The van der Waals surface area contributed by atoms with Crippen LogP contribution in [0.5, 0.6) is 0 Å². The predicted molar refractivity (Wildman–Crippen MR) is 53.7 cm³/mol. The molecule has 84 valence electrons. The van der Waals surface area contributed by atoms with Crippen LogP contribution in [-0.2, 0) is 9.47 Å². The lowest BCUT2D eigenvalue weighted by Crippen LogP contribution is -2.44. The lowest BCUT2D eigenvalue weighted by Gasteiger charge is -2.37. The Morgan fingerprint density at radius 1 is 1.50 bits per heavy atom. The molecule has 14 heavy (non-hydrogen) atoms. The van der Waals surface area contributed by atoms with Gasteiger partial charge in [-0.15, -0.1) is 0 Å². The van der Waals surface area contributed by atoms with Crippen molar-refractivity contribution < 1.29 is 14.6 Å². The van der Waals surface area contributed by atoms with Crippen molar-refractivity contribution in [2.24, 2.45) is 11.7 Å². The second-order valence-electron chi connectivity index (χ2n) is 3.99. The lowest BCUT2D eigenvalue weighted by molar-refractivity contribution is -0.221. The van der Waals surface area contributed by atoms with Gasteiger partial charge in [0.05, 0.1) is 12.2 Å². The molecular formula is C10H21NO3. The first kappa shape index (κ1) is 11.9. The minimum absolute atomic E-state index is 0.0356. The van der Waals surface area contributed by atoms with Crippen LogP contribution in [0.15, 0.2) is 0 Å². The average Bonchev–Trinajstić information content (AvgIpc) is 2.09. The van der Waals surface area contributed by atoms with Crippen molar-refractivity contribution in [3.8, 4) is 0 Å². The van der Waals surface area contributed by atoms with E-state index in [9.17, 15) is 5.11 Å². The van der Waals surface area contributed by atoms with Crippen LogP contribution in [0, 0.1) is 5.92 Å². The smallest absolute Gasteiger partial charge is 0.155 e. The molecule has 0 aromatic carbocycles. The first-order valence-electron chi connectivity index (χ1n) is 5.30. The van der Waals surface area contributed by atoms with Crippen LogP contribution in [0.1, 0.15) is 26.7 Å².